The maximum atomic E-state index is 13.2. The fourth-order valence-corrected chi connectivity index (χ4v) is 5.53. The van der Waals surface area contributed by atoms with Crippen LogP contribution in [0.3, 0.4) is 0 Å². The van der Waals surface area contributed by atoms with E-state index in [1.807, 2.05) is 13.8 Å². The van der Waals surface area contributed by atoms with Gasteiger partial charge in [0.25, 0.3) is 10.0 Å². The van der Waals surface area contributed by atoms with Gasteiger partial charge in [-0.3, -0.25) is 4.72 Å². The summed E-state index contributed by atoms with van der Waals surface area (Å²) in [6.45, 7) is 10.9. The van der Waals surface area contributed by atoms with Crippen molar-refractivity contribution >= 4 is 33.1 Å². The molecule has 8 heteroatoms. The zero-order valence-corrected chi connectivity index (χ0v) is 21.3. The molecule has 0 aromatic heterocycles. The van der Waals surface area contributed by atoms with Gasteiger partial charge in [0.05, 0.1) is 21.8 Å². The number of sulfonamides is 1. The molecule has 1 aliphatic rings. The van der Waals surface area contributed by atoms with Crippen LogP contribution in [0.4, 0.5) is 17.1 Å². The largest absolute Gasteiger partial charge is 0.478 e. The molecule has 7 nitrogen and oxygen atoms in total. The lowest BCUT2D eigenvalue weighted by molar-refractivity contribution is 0.0697. The van der Waals surface area contributed by atoms with E-state index in [1.165, 1.54) is 28.9 Å². The highest BCUT2D eigenvalue weighted by Gasteiger charge is 2.24. The number of nitrogens with zero attached hydrogens (tertiary/aromatic N) is 2. The Morgan fingerprint density at radius 3 is 2.09 bits per heavy atom. The molecule has 1 fully saturated rings. The van der Waals surface area contributed by atoms with E-state index < -0.39 is 16.0 Å². The van der Waals surface area contributed by atoms with Crippen LogP contribution in [0.5, 0.6) is 0 Å². The summed E-state index contributed by atoms with van der Waals surface area (Å²) in [7, 11) is -3.90. The van der Waals surface area contributed by atoms with E-state index >= 15 is 0 Å². The number of benzene rings is 3. The summed E-state index contributed by atoms with van der Waals surface area (Å²) in [6, 6.07) is 15.9. The summed E-state index contributed by atoms with van der Waals surface area (Å²) >= 11 is 0. The van der Waals surface area contributed by atoms with Crippen LogP contribution in [0.25, 0.3) is 0 Å². The Balaban J connectivity index is 1.62. The number of aryl methyl sites for hydroxylation is 3. The molecule has 0 aliphatic carbocycles. The third kappa shape index (κ3) is 5.12. The Hall–Kier alpha value is -3.52. The van der Waals surface area contributed by atoms with Gasteiger partial charge in [0.2, 0.25) is 0 Å². The molecule has 1 aliphatic heterocycles. The van der Waals surface area contributed by atoms with Gasteiger partial charge in [-0.15, -0.1) is 0 Å². The molecular weight excluding hydrogens is 462 g/mol. The van der Waals surface area contributed by atoms with Crippen molar-refractivity contribution < 1.29 is 18.3 Å². The lowest BCUT2D eigenvalue weighted by atomic mass is 10.1. The number of carboxylic acids is 1. The highest BCUT2D eigenvalue weighted by atomic mass is 32.2. The minimum atomic E-state index is -3.90. The molecule has 1 saturated heterocycles. The minimum Gasteiger partial charge on any atom is -0.478 e. The topological polar surface area (TPSA) is 89.9 Å². The normalized spacial score (nSPS) is 14.2. The first-order chi connectivity index (χ1) is 16.6. The van der Waals surface area contributed by atoms with Gasteiger partial charge in [-0.05, 0) is 86.3 Å². The van der Waals surface area contributed by atoms with Gasteiger partial charge in [-0.1, -0.05) is 18.2 Å². The van der Waals surface area contributed by atoms with Crippen molar-refractivity contribution in [1.82, 2.24) is 0 Å². The number of carboxylic acid groups (broad SMARTS) is 1. The maximum Gasteiger partial charge on any atom is 0.335 e. The fraction of sp³-hybridized carbons (Fsp3) is 0.296. The molecule has 0 bridgehead atoms. The predicted octanol–water partition coefficient (Wildman–Crippen LogP) is 4.75. The molecule has 1 heterocycles. The molecule has 2 N–H and O–H groups in total. The van der Waals surface area contributed by atoms with Crippen LogP contribution in [0.1, 0.15) is 32.6 Å². The van der Waals surface area contributed by atoms with Crippen LogP contribution in [0.2, 0.25) is 0 Å². The summed E-state index contributed by atoms with van der Waals surface area (Å²) in [5.74, 6) is -1.11. The van der Waals surface area contributed by atoms with E-state index in [9.17, 15) is 18.3 Å². The Labute approximate surface area is 207 Å². The number of piperazine rings is 1. The van der Waals surface area contributed by atoms with Crippen LogP contribution in [0.15, 0.2) is 59.5 Å². The first kappa shape index (κ1) is 24.6. The third-order valence-corrected chi connectivity index (χ3v) is 8.18. The molecular formula is C27H31N3O4S. The summed E-state index contributed by atoms with van der Waals surface area (Å²) < 4.78 is 29.1. The van der Waals surface area contributed by atoms with Crippen LogP contribution in [-0.2, 0) is 10.0 Å². The number of hydrogen-bond donors (Lipinski definition) is 2. The van der Waals surface area contributed by atoms with E-state index in [4.69, 9.17) is 0 Å². The highest BCUT2D eigenvalue weighted by molar-refractivity contribution is 7.92. The Bertz CT molecular complexity index is 1380. The van der Waals surface area contributed by atoms with Gasteiger partial charge < -0.3 is 14.9 Å². The van der Waals surface area contributed by atoms with Crippen LogP contribution < -0.4 is 14.5 Å². The van der Waals surface area contributed by atoms with Crippen LogP contribution in [0, 0.1) is 27.7 Å². The highest BCUT2D eigenvalue weighted by Crippen LogP contribution is 2.32. The molecule has 0 saturated carbocycles. The molecule has 0 radical (unpaired) electrons. The van der Waals surface area contributed by atoms with Crippen molar-refractivity contribution in [1.29, 1.82) is 0 Å². The number of carbonyl (C=O) groups is 1. The van der Waals surface area contributed by atoms with Crippen LogP contribution in [-0.4, -0.2) is 45.7 Å². The van der Waals surface area contributed by atoms with Gasteiger partial charge in [0.15, 0.2) is 0 Å². The average Bonchev–Trinajstić information content (AvgIpc) is 2.82. The Morgan fingerprint density at radius 2 is 1.46 bits per heavy atom. The average molecular weight is 494 g/mol. The molecule has 4 rings (SSSR count). The van der Waals surface area contributed by atoms with E-state index in [0.29, 0.717) is 18.8 Å². The minimum absolute atomic E-state index is 0.0283. The van der Waals surface area contributed by atoms with E-state index in [-0.39, 0.29) is 16.1 Å². The standard InChI is InChI=1S/C27H31N3O4S/c1-18-8-10-23(16-20(18)3)35(33,34)28-24-17-22(27(31)32)9-11-26(24)30-14-12-29(13-15-30)25-7-5-6-19(2)21(25)4/h5-11,16-17,28H,12-15H2,1-4H3,(H,31,32). The quantitative estimate of drug-likeness (QED) is 0.515. The molecule has 0 atom stereocenters. The van der Waals surface area contributed by atoms with Gasteiger partial charge in [0.1, 0.15) is 0 Å². The second-order valence-corrected chi connectivity index (χ2v) is 10.8. The predicted molar refractivity (Wildman–Crippen MR) is 140 cm³/mol. The van der Waals surface area contributed by atoms with Gasteiger partial charge >= 0.3 is 5.97 Å². The summed E-state index contributed by atoms with van der Waals surface area (Å²) in [4.78, 5) is 16.2. The third-order valence-electron chi connectivity index (χ3n) is 6.81. The first-order valence-corrected chi connectivity index (χ1v) is 13.1. The summed E-state index contributed by atoms with van der Waals surface area (Å²) in [5.41, 5.74) is 6.55. The smallest absolute Gasteiger partial charge is 0.335 e. The van der Waals surface area contributed by atoms with E-state index in [0.717, 1.165) is 24.2 Å². The van der Waals surface area contributed by atoms with Crippen molar-refractivity contribution in [2.24, 2.45) is 0 Å². The van der Waals surface area contributed by atoms with Crippen LogP contribution >= 0.6 is 0 Å². The van der Waals surface area contributed by atoms with Crippen molar-refractivity contribution in [2.75, 3.05) is 40.7 Å². The SMILES string of the molecule is Cc1ccc(S(=O)(=O)Nc2cc(C(=O)O)ccc2N2CCN(c3cccc(C)c3C)CC2)cc1C. The lowest BCUT2D eigenvalue weighted by Gasteiger charge is -2.39. The zero-order valence-electron chi connectivity index (χ0n) is 20.5. The zero-order chi connectivity index (χ0) is 25.3. The van der Waals surface area contributed by atoms with Gasteiger partial charge in [-0.2, -0.15) is 0 Å². The van der Waals surface area contributed by atoms with Crippen molar-refractivity contribution in [3.05, 3.63) is 82.4 Å². The molecule has 0 unspecified atom stereocenters. The second kappa shape index (κ2) is 9.62. The Kier molecular flexibility index (Phi) is 6.76. The lowest BCUT2D eigenvalue weighted by Crippen LogP contribution is -2.47. The van der Waals surface area contributed by atoms with E-state index in [1.54, 1.807) is 24.3 Å². The molecule has 3 aromatic rings. The molecule has 0 spiro atoms. The molecule has 184 valence electrons. The van der Waals surface area contributed by atoms with Crippen molar-refractivity contribution in [3.63, 3.8) is 0 Å². The first-order valence-electron chi connectivity index (χ1n) is 11.6. The summed E-state index contributed by atoms with van der Waals surface area (Å²) in [5, 5.41) is 9.50. The number of aromatic carboxylic acids is 1. The second-order valence-electron chi connectivity index (χ2n) is 9.08. The number of anilines is 3. The molecule has 35 heavy (non-hydrogen) atoms. The van der Waals surface area contributed by atoms with Gasteiger partial charge in [-0.25, -0.2) is 13.2 Å². The monoisotopic (exact) mass is 493 g/mol. The number of rotatable bonds is 6. The molecule has 0 amide bonds. The Morgan fingerprint density at radius 1 is 0.800 bits per heavy atom. The van der Waals surface area contributed by atoms with Crippen molar-refractivity contribution in [3.8, 4) is 0 Å². The van der Waals surface area contributed by atoms with Crippen molar-refractivity contribution in [2.45, 2.75) is 32.6 Å². The number of nitrogens with one attached hydrogen (secondary N) is 1. The van der Waals surface area contributed by atoms with Gasteiger partial charge in [0, 0.05) is 31.9 Å². The number of hydrogen-bond acceptors (Lipinski definition) is 5. The maximum absolute atomic E-state index is 13.2. The molecule has 3 aromatic carbocycles. The fourth-order valence-electron chi connectivity index (χ4n) is 4.38. The summed E-state index contributed by atoms with van der Waals surface area (Å²) in [6.07, 6.45) is 0. The van der Waals surface area contributed by atoms with E-state index in [2.05, 4.69) is 46.6 Å².